The first-order valence-electron chi connectivity index (χ1n) is 4.01. The molecule has 0 aliphatic heterocycles. The molecule has 0 unspecified atom stereocenters. The van der Waals surface area contributed by atoms with Crippen molar-refractivity contribution in [3.05, 3.63) is 35.4 Å². The Bertz CT molecular complexity index is 279. The number of hydrogen-bond acceptors (Lipinski definition) is 0. The van der Waals surface area contributed by atoms with E-state index in [2.05, 4.69) is 0 Å². The predicted octanol–water partition coefficient (Wildman–Crippen LogP) is 3.26. The van der Waals surface area contributed by atoms with Crippen molar-refractivity contribution in [3.63, 3.8) is 0 Å². The summed E-state index contributed by atoms with van der Waals surface area (Å²) in [6, 6.07) is 3.06. The quantitative estimate of drug-likeness (QED) is 0.668. The Hall–Kier alpha value is -0.990. The van der Waals surface area contributed by atoms with Crippen LogP contribution in [0.3, 0.4) is 0 Å². The van der Waals surface area contributed by atoms with Gasteiger partial charge in [0.2, 0.25) is 0 Å². The molecule has 0 bridgehead atoms. The molecule has 0 saturated heterocycles. The van der Waals surface area contributed by atoms with Crippen LogP contribution in [0.25, 0.3) is 0 Å². The van der Waals surface area contributed by atoms with Gasteiger partial charge in [-0.3, -0.25) is 0 Å². The Morgan fingerprint density at radius 3 is 1.92 bits per heavy atom. The summed E-state index contributed by atoms with van der Waals surface area (Å²) in [6.07, 6.45) is 0.0156. The normalized spacial score (nSPS) is 11.8. The van der Waals surface area contributed by atoms with Gasteiger partial charge in [0.25, 0.3) is 0 Å². The van der Waals surface area contributed by atoms with Crippen LogP contribution in [0.2, 0.25) is 0 Å². The topological polar surface area (TPSA) is 0 Å². The standard InChI is InChI=1S/C10H11F3/c1-10(2,13)6-7-3-8(11)5-9(12)4-7/h3-5H,6H2,1-2H3. The lowest BCUT2D eigenvalue weighted by molar-refractivity contribution is 0.217. The van der Waals surface area contributed by atoms with E-state index in [9.17, 15) is 13.2 Å². The predicted molar refractivity (Wildman–Crippen MR) is 45.2 cm³/mol. The highest BCUT2D eigenvalue weighted by molar-refractivity contribution is 5.19. The molecule has 13 heavy (non-hydrogen) atoms. The third-order valence-corrected chi connectivity index (χ3v) is 1.55. The van der Waals surface area contributed by atoms with Gasteiger partial charge in [0, 0.05) is 12.5 Å². The number of hydrogen-bond donors (Lipinski definition) is 0. The molecule has 0 radical (unpaired) electrons. The van der Waals surface area contributed by atoms with Gasteiger partial charge in [-0.25, -0.2) is 13.2 Å². The number of benzene rings is 1. The Kier molecular flexibility index (Phi) is 2.64. The molecule has 3 heteroatoms. The lowest BCUT2D eigenvalue weighted by Gasteiger charge is -2.13. The molecule has 0 N–H and O–H groups in total. The third kappa shape index (κ3) is 3.49. The van der Waals surface area contributed by atoms with Crippen molar-refractivity contribution in [2.24, 2.45) is 0 Å². The number of halogens is 3. The second kappa shape index (κ2) is 3.40. The first kappa shape index (κ1) is 10.1. The van der Waals surface area contributed by atoms with Gasteiger partial charge in [0.1, 0.15) is 17.3 Å². The van der Waals surface area contributed by atoms with E-state index in [0.29, 0.717) is 5.56 Å². The highest BCUT2D eigenvalue weighted by Gasteiger charge is 2.16. The molecule has 0 atom stereocenters. The second-order valence-electron chi connectivity index (χ2n) is 3.67. The van der Waals surface area contributed by atoms with E-state index in [4.69, 9.17) is 0 Å². The van der Waals surface area contributed by atoms with E-state index >= 15 is 0 Å². The van der Waals surface area contributed by atoms with Crippen LogP contribution in [0, 0.1) is 11.6 Å². The number of rotatable bonds is 2. The fourth-order valence-corrected chi connectivity index (χ4v) is 1.20. The molecule has 0 nitrogen and oxygen atoms in total. The maximum atomic E-state index is 13.1. The van der Waals surface area contributed by atoms with Crippen molar-refractivity contribution >= 4 is 0 Å². The van der Waals surface area contributed by atoms with Crippen LogP contribution in [0.4, 0.5) is 13.2 Å². The summed E-state index contributed by atoms with van der Waals surface area (Å²) in [7, 11) is 0. The van der Waals surface area contributed by atoms with Crippen LogP contribution in [0.15, 0.2) is 18.2 Å². The summed E-state index contributed by atoms with van der Waals surface area (Å²) >= 11 is 0. The average Bonchev–Trinajstić information content (AvgIpc) is 1.78. The highest BCUT2D eigenvalue weighted by Crippen LogP contribution is 2.18. The smallest absolute Gasteiger partial charge is 0.126 e. The fraction of sp³-hybridized carbons (Fsp3) is 0.400. The molecular weight excluding hydrogens is 177 g/mol. The molecule has 0 aliphatic rings. The van der Waals surface area contributed by atoms with Gasteiger partial charge in [0.05, 0.1) is 0 Å². The van der Waals surface area contributed by atoms with Crippen LogP contribution in [-0.4, -0.2) is 5.67 Å². The van der Waals surface area contributed by atoms with Crippen LogP contribution in [-0.2, 0) is 6.42 Å². The zero-order valence-electron chi connectivity index (χ0n) is 7.57. The minimum Gasteiger partial charge on any atom is -0.244 e. The van der Waals surface area contributed by atoms with Crippen molar-refractivity contribution in [1.82, 2.24) is 0 Å². The van der Waals surface area contributed by atoms with Crippen LogP contribution in [0.5, 0.6) is 0 Å². The Balaban J connectivity index is 2.90. The first-order chi connectivity index (χ1) is 5.87. The monoisotopic (exact) mass is 188 g/mol. The molecule has 1 aromatic carbocycles. The van der Waals surface area contributed by atoms with E-state index in [1.807, 2.05) is 0 Å². The molecule has 1 rings (SSSR count). The van der Waals surface area contributed by atoms with Crippen LogP contribution in [0.1, 0.15) is 19.4 Å². The zero-order valence-corrected chi connectivity index (χ0v) is 7.57. The molecule has 0 saturated carbocycles. The maximum absolute atomic E-state index is 13.1. The molecule has 0 fully saturated rings. The van der Waals surface area contributed by atoms with Crippen molar-refractivity contribution in [2.75, 3.05) is 0 Å². The summed E-state index contributed by atoms with van der Waals surface area (Å²) in [4.78, 5) is 0. The van der Waals surface area contributed by atoms with Crippen molar-refractivity contribution < 1.29 is 13.2 Å². The third-order valence-electron chi connectivity index (χ3n) is 1.55. The first-order valence-corrected chi connectivity index (χ1v) is 4.01. The molecule has 0 amide bonds. The molecule has 0 aromatic heterocycles. The van der Waals surface area contributed by atoms with Crippen molar-refractivity contribution in [2.45, 2.75) is 25.9 Å². The lowest BCUT2D eigenvalue weighted by Crippen LogP contribution is -2.15. The SMILES string of the molecule is CC(C)(F)Cc1cc(F)cc(F)c1. The van der Waals surface area contributed by atoms with E-state index in [1.165, 1.54) is 13.8 Å². The minimum atomic E-state index is -1.44. The maximum Gasteiger partial charge on any atom is 0.126 e. The largest absolute Gasteiger partial charge is 0.244 e. The molecule has 0 aliphatic carbocycles. The summed E-state index contributed by atoms with van der Waals surface area (Å²) in [5, 5.41) is 0. The molecule has 72 valence electrons. The summed E-state index contributed by atoms with van der Waals surface area (Å²) in [5.74, 6) is -1.33. The Labute approximate surface area is 75.4 Å². The fourth-order valence-electron chi connectivity index (χ4n) is 1.20. The number of alkyl halides is 1. The lowest BCUT2D eigenvalue weighted by atomic mass is 10.0. The van der Waals surface area contributed by atoms with Gasteiger partial charge in [-0.05, 0) is 31.5 Å². The van der Waals surface area contributed by atoms with Gasteiger partial charge in [0.15, 0.2) is 0 Å². The Morgan fingerprint density at radius 2 is 1.54 bits per heavy atom. The van der Waals surface area contributed by atoms with Crippen molar-refractivity contribution in [1.29, 1.82) is 0 Å². The summed E-state index contributed by atoms with van der Waals surface area (Å²) in [6.45, 7) is 2.74. The van der Waals surface area contributed by atoms with Gasteiger partial charge < -0.3 is 0 Å². The Morgan fingerprint density at radius 1 is 1.08 bits per heavy atom. The van der Waals surface area contributed by atoms with Gasteiger partial charge >= 0.3 is 0 Å². The van der Waals surface area contributed by atoms with E-state index in [1.54, 1.807) is 0 Å². The highest BCUT2D eigenvalue weighted by atomic mass is 19.1. The van der Waals surface area contributed by atoms with Gasteiger partial charge in [-0.2, -0.15) is 0 Å². The van der Waals surface area contributed by atoms with E-state index in [0.717, 1.165) is 18.2 Å². The van der Waals surface area contributed by atoms with E-state index in [-0.39, 0.29) is 6.42 Å². The molecular formula is C10H11F3. The molecule has 1 aromatic rings. The molecule has 0 spiro atoms. The second-order valence-corrected chi connectivity index (χ2v) is 3.67. The summed E-state index contributed by atoms with van der Waals surface area (Å²) in [5.41, 5.74) is -1.11. The van der Waals surface area contributed by atoms with Gasteiger partial charge in [-0.15, -0.1) is 0 Å². The van der Waals surface area contributed by atoms with E-state index < -0.39 is 17.3 Å². The minimum absolute atomic E-state index is 0.0156. The van der Waals surface area contributed by atoms with Crippen LogP contribution < -0.4 is 0 Å². The zero-order chi connectivity index (χ0) is 10.1. The molecule has 0 heterocycles. The van der Waals surface area contributed by atoms with Gasteiger partial charge in [-0.1, -0.05) is 0 Å². The van der Waals surface area contributed by atoms with Crippen LogP contribution >= 0.6 is 0 Å². The summed E-state index contributed by atoms with van der Waals surface area (Å²) < 4.78 is 38.4. The van der Waals surface area contributed by atoms with Crippen molar-refractivity contribution in [3.8, 4) is 0 Å². The average molecular weight is 188 g/mol.